The molecule has 10 heteroatoms. The highest BCUT2D eigenvalue weighted by Crippen LogP contribution is 2.54. The fourth-order valence-electron chi connectivity index (χ4n) is 3.36. The molecule has 0 aromatic heterocycles. The van der Waals surface area contributed by atoms with Crippen molar-refractivity contribution < 1.29 is 28.3 Å². The third kappa shape index (κ3) is 3.48. The maximum Gasteiger partial charge on any atom is 0.330 e. The fourth-order valence-corrected chi connectivity index (χ4v) is 4.99. The normalized spacial score (nSPS) is 25.0. The summed E-state index contributed by atoms with van der Waals surface area (Å²) in [7, 11) is 0. The summed E-state index contributed by atoms with van der Waals surface area (Å²) in [6.07, 6.45) is -0.497. The van der Waals surface area contributed by atoms with E-state index in [1.54, 1.807) is 12.1 Å². The molecule has 144 valence electrons. The molecule has 3 atom stereocenters. The van der Waals surface area contributed by atoms with Crippen molar-refractivity contribution in [3.63, 3.8) is 0 Å². The van der Waals surface area contributed by atoms with Gasteiger partial charge in [0.2, 0.25) is 5.91 Å². The van der Waals surface area contributed by atoms with Crippen molar-refractivity contribution in [3.05, 3.63) is 35.6 Å². The first kappa shape index (κ1) is 19.2. The zero-order valence-corrected chi connectivity index (χ0v) is 15.3. The Morgan fingerprint density at radius 1 is 1.37 bits per heavy atom. The molecular formula is C17H18FN3O5S. The molecule has 4 amide bonds. The molecule has 2 saturated heterocycles. The van der Waals surface area contributed by atoms with Gasteiger partial charge in [0.25, 0.3) is 5.91 Å². The number of benzene rings is 1. The largest absolute Gasteiger partial charge is 0.451 e. The Morgan fingerprint density at radius 3 is 2.67 bits per heavy atom. The summed E-state index contributed by atoms with van der Waals surface area (Å²) in [5.41, 5.74) is 5.60. The van der Waals surface area contributed by atoms with Gasteiger partial charge in [0.1, 0.15) is 16.7 Å². The number of thioether (sulfide) groups is 1. The minimum absolute atomic E-state index is 0.208. The van der Waals surface area contributed by atoms with E-state index in [1.165, 1.54) is 35.7 Å². The average Bonchev–Trinajstić information content (AvgIpc) is 3.14. The summed E-state index contributed by atoms with van der Waals surface area (Å²) in [6.45, 7) is 1.30. The highest BCUT2D eigenvalue weighted by Gasteiger charge is 2.57. The summed E-state index contributed by atoms with van der Waals surface area (Å²) >= 11 is 1.41. The van der Waals surface area contributed by atoms with Crippen molar-refractivity contribution in [2.24, 2.45) is 5.73 Å². The van der Waals surface area contributed by atoms with Crippen LogP contribution >= 0.6 is 11.8 Å². The smallest absolute Gasteiger partial charge is 0.330 e. The van der Waals surface area contributed by atoms with Gasteiger partial charge in [0, 0.05) is 12.2 Å². The van der Waals surface area contributed by atoms with Crippen LogP contribution in [0.3, 0.4) is 0 Å². The molecule has 3 rings (SSSR count). The van der Waals surface area contributed by atoms with Gasteiger partial charge in [0.15, 0.2) is 6.10 Å². The molecule has 0 bridgehead atoms. The highest BCUT2D eigenvalue weighted by molar-refractivity contribution is 8.00. The number of hydrogen-bond acceptors (Lipinski definition) is 6. The van der Waals surface area contributed by atoms with Crippen molar-refractivity contribution >= 4 is 35.6 Å². The number of ether oxygens (including phenoxy) is 1. The maximum atomic E-state index is 13.3. The molecule has 1 aromatic carbocycles. The number of carbonyl (C=O) groups excluding carboxylic acids is 4. The average molecular weight is 395 g/mol. The lowest BCUT2D eigenvalue weighted by Gasteiger charge is -2.33. The van der Waals surface area contributed by atoms with Crippen LogP contribution in [0.5, 0.6) is 0 Å². The lowest BCUT2D eigenvalue weighted by molar-refractivity contribution is -0.161. The van der Waals surface area contributed by atoms with Gasteiger partial charge < -0.3 is 15.4 Å². The topological polar surface area (TPSA) is 119 Å². The monoisotopic (exact) mass is 395 g/mol. The predicted octanol–water partition coefficient (Wildman–Crippen LogP) is 0.843. The Balaban J connectivity index is 1.79. The lowest BCUT2D eigenvalue weighted by Crippen LogP contribution is -2.49. The van der Waals surface area contributed by atoms with Crippen molar-refractivity contribution in [2.45, 2.75) is 36.8 Å². The second-order valence-electron chi connectivity index (χ2n) is 6.31. The van der Waals surface area contributed by atoms with Gasteiger partial charge >= 0.3 is 12.0 Å². The molecule has 1 aromatic rings. The summed E-state index contributed by atoms with van der Waals surface area (Å²) < 4.78 is 18.4. The third-order valence-corrected chi connectivity index (χ3v) is 6.20. The molecule has 0 radical (unpaired) electrons. The first-order valence-electron chi connectivity index (χ1n) is 8.27. The van der Waals surface area contributed by atoms with E-state index >= 15 is 0 Å². The lowest BCUT2D eigenvalue weighted by atomic mass is 10.0. The minimum atomic E-state index is -1.24. The van der Waals surface area contributed by atoms with Crippen molar-refractivity contribution in [2.75, 3.05) is 5.75 Å². The van der Waals surface area contributed by atoms with Crippen molar-refractivity contribution in [1.82, 2.24) is 10.2 Å². The summed E-state index contributed by atoms with van der Waals surface area (Å²) in [6, 6.07) is 3.90. The molecule has 2 heterocycles. The number of halogens is 1. The molecule has 0 saturated carbocycles. The molecular weight excluding hydrogens is 377 g/mol. The Morgan fingerprint density at radius 2 is 2.04 bits per heavy atom. The van der Waals surface area contributed by atoms with Crippen LogP contribution in [0.2, 0.25) is 0 Å². The van der Waals surface area contributed by atoms with Crippen LogP contribution in [-0.4, -0.2) is 46.6 Å². The fraction of sp³-hybridized carbons (Fsp3) is 0.412. The van der Waals surface area contributed by atoms with E-state index in [4.69, 9.17) is 10.5 Å². The van der Waals surface area contributed by atoms with Gasteiger partial charge in [0.05, 0.1) is 0 Å². The van der Waals surface area contributed by atoms with Crippen LogP contribution in [0.15, 0.2) is 24.3 Å². The van der Waals surface area contributed by atoms with Gasteiger partial charge in [-0.2, -0.15) is 0 Å². The number of nitrogens with two attached hydrogens (primary N) is 1. The van der Waals surface area contributed by atoms with Gasteiger partial charge in [-0.1, -0.05) is 12.1 Å². The molecule has 2 aliphatic heterocycles. The minimum Gasteiger partial charge on any atom is -0.451 e. The van der Waals surface area contributed by atoms with Gasteiger partial charge in [-0.15, -0.1) is 11.8 Å². The van der Waals surface area contributed by atoms with Crippen molar-refractivity contribution in [1.29, 1.82) is 0 Å². The molecule has 27 heavy (non-hydrogen) atoms. The zero-order valence-electron chi connectivity index (χ0n) is 14.4. The summed E-state index contributed by atoms with van der Waals surface area (Å²) in [4.78, 5) is 48.2. The molecule has 2 aliphatic rings. The van der Waals surface area contributed by atoms with E-state index < -0.39 is 34.9 Å². The van der Waals surface area contributed by atoms with Crippen LogP contribution in [0, 0.1) is 5.82 Å². The Kier molecular flexibility index (Phi) is 5.09. The number of imide groups is 1. The molecule has 2 fully saturated rings. The zero-order chi connectivity index (χ0) is 19.8. The van der Waals surface area contributed by atoms with Crippen LogP contribution < -0.4 is 11.1 Å². The van der Waals surface area contributed by atoms with Crippen molar-refractivity contribution in [3.8, 4) is 0 Å². The van der Waals surface area contributed by atoms with E-state index in [1.807, 2.05) is 5.32 Å². The van der Waals surface area contributed by atoms with Crippen LogP contribution in [0.1, 0.15) is 25.3 Å². The maximum absolute atomic E-state index is 13.3. The SMILES string of the molecule is C[C@@H](OC(=O)[C@H]1CS[C@@]2(c3ccc(F)cc3)CCC(=O)N12)C(=O)NC(N)=O. The first-order valence-corrected chi connectivity index (χ1v) is 9.26. The predicted molar refractivity (Wildman–Crippen MR) is 93.7 cm³/mol. The van der Waals surface area contributed by atoms with Gasteiger partial charge in [-0.05, 0) is 31.0 Å². The van der Waals surface area contributed by atoms with Gasteiger partial charge in [-0.25, -0.2) is 14.0 Å². The van der Waals surface area contributed by atoms with E-state index in [9.17, 15) is 23.6 Å². The Labute approximate surface area is 158 Å². The number of nitrogens with zero attached hydrogens (tertiary/aromatic N) is 1. The Bertz CT molecular complexity index is 802. The molecule has 0 aliphatic carbocycles. The number of amides is 4. The number of esters is 1. The van der Waals surface area contributed by atoms with E-state index in [0.29, 0.717) is 6.42 Å². The molecule has 8 nitrogen and oxygen atoms in total. The first-order chi connectivity index (χ1) is 12.7. The summed E-state index contributed by atoms with van der Waals surface area (Å²) in [5, 5.41) is 1.83. The second kappa shape index (κ2) is 7.18. The second-order valence-corrected chi connectivity index (χ2v) is 7.61. The number of fused-ring (bicyclic) bond motifs is 1. The summed E-state index contributed by atoms with van der Waals surface area (Å²) in [5.74, 6) is -1.90. The number of carbonyl (C=O) groups is 4. The highest BCUT2D eigenvalue weighted by atomic mass is 32.2. The van der Waals surface area contributed by atoms with Crippen LogP contribution in [-0.2, 0) is 24.0 Å². The quantitative estimate of drug-likeness (QED) is 0.730. The third-order valence-electron chi connectivity index (χ3n) is 4.60. The number of primary amides is 1. The molecule has 0 unspecified atom stereocenters. The standard InChI is InChI=1S/C17H18FN3O5S/c1-9(14(23)20-16(19)25)26-15(24)12-8-27-17(7-6-13(22)21(12)17)10-2-4-11(18)5-3-10/h2-5,9,12H,6-8H2,1H3,(H3,19,20,23,25)/t9-,12-,17-/m1/s1. The number of rotatable bonds is 4. The van der Waals surface area contributed by atoms with Crippen LogP contribution in [0.25, 0.3) is 0 Å². The number of nitrogens with one attached hydrogen (secondary N) is 1. The number of hydrogen-bond donors (Lipinski definition) is 2. The van der Waals surface area contributed by atoms with E-state index in [0.717, 1.165) is 5.56 Å². The molecule has 3 N–H and O–H groups in total. The Hall–Kier alpha value is -2.62. The van der Waals surface area contributed by atoms with E-state index in [-0.39, 0.29) is 23.9 Å². The molecule has 0 spiro atoms. The van der Waals surface area contributed by atoms with E-state index in [2.05, 4.69) is 0 Å². The van der Waals surface area contributed by atoms with Gasteiger partial charge in [-0.3, -0.25) is 14.9 Å². The number of urea groups is 1. The van der Waals surface area contributed by atoms with Crippen LogP contribution in [0.4, 0.5) is 9.18 Å².